The summed E-state index contributed by atoms with van der Waals surface area (Å²) in [5.74, 6) is 1.52. The molecule has 6 aromatic rings. The highest BCUT2D eigenvalue weighted by Gasteiger charge is 2.39. The molecule has 7 heterocycles. The molecule has 0 radical (unpaired) electrons. The van der Waals surface area contributed by atoms with E-state index in [-0.39, 0.29) is 30.0 Å². The fourth-order valence-corrected chi connectivity index (χ4v) is 10.5. The zero-order valence-corrected chi connectivity index (χ0v) is 38.3. The minimum absolute atomic E-state index is 0.168. The summed E-state index contributed by atoms with van der Waals surface area (Å²) in [6.45, 7) is 10.5. The number of carbonyl (C=O) groups is 3. The minimum atomic E-state index is -0.763. The largest absolute Gasteiger partial charge is 0.464 e. The van der Waals surface area contributed by atoms with Crippen LogP contribution in [-0.4, -0.2) is 89.2 Å². The van der Waals surface area contributed by atoms with Crippen LogP contribution in [0.15, 0.2) is 55.0 Å². The molecule has 4 atom stereocenters. The van der Waals surface area contributed by atoms with E-state index < -0.39 is 29.8 Å². The summed E-state index contributed by atoms with van der Waals surface area (Å²) in [6, 6.07) is 10.2. The van der Waals surface area contributed by atoms with Crippen molar-refractivity contribution in [3.63, 3.8) is 0 Å². The zero-order chi connectivity index (χ0) is 45.3. The van der Waals surface area contributed by atoms with E-state index in [4.69, 9.17) is 29.2 Å². The number of H-pyrrole nitrogens is 2. The molecule has 2 aromatic carbocycles. The van der Waals surface area contributed by atoms with Crippen molar-refractivity contribution in [3.05, 3.63) is 82.3 Å². The first kappa shape index (κ1) is 42.7. The summed E-state index contributed by atoms with van der Waals surface area (Å²) in [5.41, 5.74) is 4.15. The predicted octanol–water partition coefficient (Wildman–Crippen LogP) is 9.69. The molecule has 15 nitrogen and oxygen atoms in total. The lowest BCUT2D eigenvalue weighted by atomic mass is 10.0. The van der Waals surface area contributed by atoms with Crippen LogP contribution in [0.3, 0.4) is 0 Å². The van der Waals surface area contributed by atoms with Crippen LogP contribution in [0.4, 0.5) is 14.0 Å². The molecule has 0 spiro atoms. The summed E-state index contributed by atoms with van der Waals surface area (Å²) >= 11 is 1.63. The average molecular weight is 904 g/mol. The normalized spacial score (nSPS) is 19.9. The van der Waals surface area contributed by atoms with Gasteiger partial charge in [0.15, 0.2) is 0 Å². The van der Waals surface area contributed by atoms with Crippen molar-refractivity contribution in [3.8, 4) is 39.5 Å². The van der Waals surface area contributed by atoms with Crippen molar-refractivity contribution >= 4 is 40.3 Å². The van der Waals surface area contributed by atoms with Crippen LogP contribution < -0.4 is 10.1 Å². The third-order valence-corrected chi connectivity index (χ3v) is 13.9. The van der Waals surface area contributed by atoms with Crippen LogP contribution in [0.5, 0.6) is 5.75 Å². The monoisotopic (exact) mass is 903 g/mol. The van der Waals surface area contributed by atoms with E-state index in [9.17, 15) is 14.4 Å². The number of ether oxygens (including phenoxy) is 3. The van der Waals surface area contributed by atoms with Gasteiger partial charge in [-0.05, 0) is 101 Å². The number of aromatic amines is 2. The van der Waals surface area contributed by atoms with Crippen molar-refractivity contribution in [2.45, 2.75) is 110 Å². The van der Waals surface area contributed by atoms with Gasteiger partial charge in [-0.15, -0.1) is 11.3 Å². The summed E-state index contributed by atoms with van der Waals surface area (Å²) in [6.07, 6.45) is 10.2. The van der Waals surface area contributed by atoms with E-state index in [0.717, 1.165) is 57.7 Å². The fourth-order valence-electron chi connectivity index (χ4n) is 9.48. The maximum Gasteiger partial charge on any atom is 0.410 e. The first-order chi connectivity index (χ1) is 31.2. The smallest absolute Gasteiger partial charge is 0.410 e. The number of thiazole rings is 1. The van der Waals surface area contributed by atoms with Crippen LogP contribution in [0.25, 0.3) is 44.7 Å². The zero-order valence-electron chi connectivity index (χ0n) is 37.4. The van der Waals surface area contributed by atoms with Gasteiger partial charge in [0.25, 0.3) is 0 Å². The molecule has 340 valence electrons. The number of fused-ring (bicyclic) bond motifs is 5. The number of benzene rings is 2. The number of halogens is 1. The van der Waals surface area contributed by atoms with Crippen LogP contribution in [-0.2, 0) is 20.7 Å². The Hall–Kier alpha value is -6.23. The van der Waals surface area contributed by atoms with E-state index in [2.05, 4.69) is 25.9 Å². The van der Waals surface area contributed by atoms with Crippen LogP contribution in [0.1, 0.15) is 113 Å². The molecule has 4 aromatic heterocycles. The quantitative estimate of drug-likeness (QED) is 0.121. The van der Waals surface area contributed by atoms with Gasteiger partial charge in [0.05, 0.1) is 69.6 Å². The number of aromatic nitrogens is 6. The number of hydrogen-bond acceptors (Lipinski definition) is 10. The molecule has 3 N–H and O–H groups in total. The number of hydrogen-bond donors (Lipinski definition) is 3. The number of carbonyl (C=O) groups excluding carboxylic acids is 3. The molecule has 1 saturated carbocycles. The number of nitrogens with one attached hydrogen (secondary N) is 3. The molecular weight excluding hydrogens is 850 g/mol. The van der Waals surface area contributed by atoms with Crippen molar-refractivity contribution in [2.75, 3.05) is 20.2 Å². The van der Waals surface area contributed by atoms with E-state index in [0.29, 0.717) is 65.3 Å². The Labute approximate surface area is 380 Å². The van der Waals surface area contributed by atoms with Gasteiger partial charge in [-0.2, -0.15) is 0 Å². The molecule has 1 aliphatic carbocycles. The Morgan fingerprint density at radius 1 is 0.908 bits per heavy atom. The lowest BCUT2D eigenvalue weighted by molar-refractivity contribution is -0.135. The average Bonchev–Trinajstić information content (AvgIpc) is 3.99. The molecule has 2 saturated heterocycles. The van der Waals surface area contributed by atoms with Crippen molar-refractivity contribution in [2.24, 2.45) is 11.8 Å². The van der Waals surface area contributed by atoms with Gasteiger partial charge in [-0.3, -0.25) is 14.3 Å². The van der Waals surface area contributed by atoms with Gasteiger partial charge in [0, 0.05) is 42.2 Å². The molecule has 65 heavy (non-hydrogen) atoms. The predicted molar refractivity (Wildman–Crippen MR) is 243 cm³/mol. The Balaban J connectivity index is 0.976. The standard InChI is InChI=1S/C48H54FN9O6S/c1-25(2)41(55-46(60)62-6)44(59)56-15-7-9-34(56)42-52-23-32(54-42)28-19-30(49)40-36-20-29-18-27(31-22-51-43(53-31)35-10-8-16-57(35)47(61)64-48(3,4)5)13-14-33(29)58(36)45(63-37(40)21-28)38-24-50-39(65-38)17-26-11-12-26/h13-14,18-26,34-35,41,45H,7-12,15-17H2,1-6H3,(H,51,53)(H,52,54)(H,55,60). The molecule has 10 rings (SSSR count). The van der Waals surface area contributed by atoms with Gasteiger partial charge < -0.3 is 34.4 Å². The molecule has 3 amide bonds. The summed E-state index contributed by atoms with van der Waals surface area (Å²) in [4.78, 5) is 64.6. The van der Waals surface area contributed by atoms with Crippen molar-refractivity contribution in [1.29, 1.82) is 0 Å². The number of likely N-dealkylation sites (tertiary alicyclic amines) is 2. The molecule has 4 unspecified atom stereocenters. The Kier molecular flexibility index (Phi) is 10.9. The Bertz CT molecular complexity index is 2800. The highest BCUT2D eigenvalue weighted by atomic mass is 32.1. The summed E-state index contributed by atoms with van der Waals surface area (Å²) < 4.78 is 36.3. The van der Waals surface area contributed by atoms with Gasteiger partial charge in [0.1, 0.15) is 34.9 Å². The minimum Gasteiger partial charge on any atom is -0.464 e. The number of alkyl carbamates (subject to hydrolysis) is 1. The number of rotatable bonds is 10. The maximum absolute atomic E-state index is 16.9. The van der Waals surface area contributed by atoms with Crippen LogP contribution in [0.2, 0.25) is 0 Å². The summed E-state index contributed by atoms with van der Waals surface area (Å²) in [5, 5.41) is 4.65. The lowest BCUT2D eigenvalue weighted by Crippen LogP contribution is -2.51. The third kappa shape index (κ3) is 8.23. The highest BCUT2D eigenvalue weighted by molar-refractivity contribution is 7.11. The van der Waals surface area contributed by atoms with Crippen molar-refractivity contribution in [1.82, 2.24) is 44.6 Å². The Morgan fingerprint density at radius 2 is 1.60 bits per heavy atom. The van der Waals surface area contributed by atoms with E-state index >= 15 is 4.39 Å². The molecule has 3 aliphatic heterocycles. The van der Waals surface area contributed by atoms with E-state index in [1.807, 2.05) is 65.1 Å². The molecule has 17 heteroatoms. The van der Waals surface area contributed by atoms with Crippen LogP contribution >= 0.6 is 11.3 Å². The Morgan fingerprint density at radius 3 is 2.28 bits per heavy atom. The highest BCUT2D eigenvalue weighted by Crippen LogP contribution is 2.48. The topological polar surface area (TPSA) is 173 Å². The fraction of sp³-hybridized carbons (Fsp3) is 0.458. The molecule has 4 aliphatic rings. The second-order valence-electron chi connectivity index (χ2n) is 19.0. The third-order valence-electron chi connectivity index (χ3n) is 12.8. The van der Waals surface area contributed by atoms with Gasteiger partial charge >= 0.3 is 12.2 Å². The SMILES string of the molecule is COC(=O)NC(C(=O)N1CCCC1c1ncc(-c2cc(F)c3c(c2)OC(c2cnc(CC4CC4)s2)n2c-3cc3cc(-c4cnc(C5CCCN5C(=O)OC(C)(C)C)[nH]4)ccc32)[nH]1)C(C)C. The van der Waals surface area contributed by atoms with Crippen LogP contribution in [0, 0.1) is 17.7 Å². The van der Waals surface area contributed by atoms with Gasteiger partial charge in [-0.1, -0.05) is 19.9 Å². The second kappa shape index (κ2) is 16.6. The number of amides is 3. The number of imidazole rings is 2. The first-order valence-electron chi connectivity index (χ1n) is 22.6. The van der Waals surface area contributed by atoms with Crippen molar-refractivity contribution < 1.29 is 33.0 Å². The second-order valence-corrected chi connectivity index (χ2v) is 20.2. The molecule has 0 bridgehead atoms. The van der Waals surface area contributed by atoms with E-state index in [1.165, 1.54) is 26.0 Å². The number of methoxy groups -OCH3 is 1. The summed E-state index contributed by atoms with van der Waals surface area (Å²) in [7, 11) is 1.27. The first-order valence-corrected chi connectivity index (χ1v) is 23.4. The maximum atomic E-state index is 16.9. The molecule has 3 fully saturated rings. The molecular formula is C48H54FN9O6S. The number of nitrogens with zero attached hydrogens (tertiary/aromatic N) is 6. The van der Waals surface area contributed by atoms with E-state index in [1.54, 1.807) is 33.5 Å². The van der Waals surface area contributed by atoms with Gasteiger partial charge in [0.2, 0.25) is 12.1 Å². The van der Waals surface area contributed by atoms with Gasteiger partial charge in [-0.25, -0.2) is 28.9 Å². The lowest BCUT2D eigenvalue weighted by Gasteiger charge is -2.30.